The molecule has 0 aliphatic carbocycles. The summed E-state index contributed by atoms with van der Waals surface area (Å²) >= 11 is 0. The Labute approximate surface area is 133 Å². The Kier molecular flexibility index (Phi) is 4.28. The van der Waals surface area contributed by atoms with Gasteiger partial charge < -0.3 is 10.2 Å². The van der Waals surface area contributed by atoms with Crippen LogP contribution in [0.15, 0.2) is 36.4 Å². The van der Waals surface area contributed by atoms with E-state index in [0.29, 0.717) is 0 Å². The van der Waals surface area contributed by atoms with Crippen LogP contribution < -0.4 is 10.2 Å². The first-order valence-electron chi connectivity index (χ1n) is 7.62. The van der Waals surface area contributed by atoms with Gasteiger partial charge in [-0.1, -0.05) is 17.7 Å². The molecule has 0 fully saturated rings. The molecule has 0 unspecified atom stereocenters. The number of amides is 1. The van der Waals surface area contributed by atoms with Gasteiger partial charge in [-0.2, -0.15) is 0 Å². The summed E-state index contributed by atoms with van der Waals surface area (Å²) in [6, 6.07) is 9.30. The fourth-order valence-electron chi connectivity index (χ4n) is 2.92. The molecule has 1 N–H and O–H groups in total. The van der Waals surface area contributed by atoms with Crippen LogP contribution in [0.25, 0.3) is 0 Å². The van der Waals surface area contributed by atoms with Crippen molar-refractivity contribution in [2.45, 2.75) is 19.8 Å². The molecule has 0 radical (unpaired) electrons. The molecule has 0 atom stereocenters. The number of carbonyl (C=O) groups is 1. The molecule has 1 amide bonds. The topological polar surface area (TPSA) is 32.3 Å². The van der Waals surface area contributed by atoms with E-state index in [1.54, 1.807) is 0 Å². The number of aryl methyl sites for hydroxylation is 2. The zero-order valence-electron chi connectivity index (χ0n) is 12.9. The van der Waals surface area contributed by atoms with E-state index in [-0.39, 0.29) is 18.1 Å². The van der Waals surface area contributed by atoms with Crippen LogP contribution in [0, 0.1) is 18.6 Å². The van der Waals surface area contributed by atoms with Crippen LogP contribution in [0.3, 0.4) is 0 Å². The van der Waals surface area contributed by atoms with Crippen LogP contribution in [0.1, 0.15) is 17.5 Å². The van der Waals surface area contributed by atoms with Crippen LogP contribution in [0.4, 0.5) is 20.2 Å². The summed E-state index contributed by atoms with van der Waals surface area (Å²) in [5.74, 6) is -1.75. The molecule has 0 bridgehead atoms. The van der Waals surface area contributed by atoms with E-state index < -0.39 is 11.6 Å². The molecule has 5 heteroatoms. The normalized spacial score (nSPS) is 13.6. The van der Waals surface area contributed by atoms with Gasteiger partial charge in [-0.05, 0) is 43.5 Å². The zero-order chi connectivity index (χ0) is 16.4. The second kappa shape index (κ2) is 6.36. The molecular weight excluding hydrogens is 298 g/mol. The molecule has 120 valence electrons. The Morgan fingerprint density at radius 1 is 1.22 bits per heavy atom. The summed E-state index contributed by atoms with van der Waals surface area (Å²) in [7, 11) is 0. The van der Waals surface area contributed by atoms with Crippen molar-refractivity contribution >= 4 is 17.3 Å². The first-order valence-corrected chi connectivity index (χ1v) is 7.62. The van der Waals surface area contributed by atoms with Gasteiger partial charge in [0.1, 0.15) is 11.6 Å². The van der Waals surface area contributed by atoms with Gasteiger partial charge >= 0.3 is 0 Å². The fourth-order valence-corrected chi connectivity index (χ4v) is 2.92. The van der Waals surface area contributed by atoms with Crippen LogP contribution in [-0.4, -0.2) is 19.0 Å². The summed E-state index contributed by atoms with van der Waals surface area (Å²) in [5.41, 5.74) is 3.48. The van der Waals surface area contributed by atoms with E-state index in [0.717, 1.165) is 37.2 Å². The van der Waals surface area contributed by atoms with Gasteiger partial charge in [-0.15, -0.1) is 0 Å². The van der Waals surface area contributed by atoms with Gasteiger partial charge in [0, 0.05) is 18.3 Å². The molecule has 1 aliphatic rings. The third-order valence-electron chi connectivity index (χ3n) is 3.99. The maximum absolute atomic E-state index is 13.6. The minimum atomic E-state index is -0.770. The molecule has 1 aliphatic heterocycles. The number of nitrogens with one attached hydrogen (secondary N) is 1. The Morgan fingerprint density at radius 2 is 2.04 bits per heavy atom. The van der Waals surface area contributed by atoms with Crippen molar-refractivity contribution in [2.24, 2.45) is 0 Å². The SMILES string of the molecule is Cc1ccc2c(c1)CCCN2CC(=O)Nc1ccc(F)cc1F. The predicted octanol–water partition coefficient (Wildman–Crippen LogP) is 3.66. The number of fused-ring (bicyclic) bond motifs is 1. The standard InChI is InChI=1S/C18H18F2N2O/c1-12-4-7-17-13(9-12)3-2-8-22(17)11-18(23)21-16-6-5-14(19)10-15(16)20/h4-7,9-10H,2-3,8,11H2,1H3,(H,21,23). The van der Waals surface area contributed by atoms with E-state index in [2.05, 4.69) is 11.4 Å². The van der Waals surface area contributed by atoms with Crippen molar-refractivity contribution < 1.29 is 13.6 Å². The number of halogens is 2. The number of hydrogen-bond acceptors (Lipinski definition) is 2. The Hall–Kier alpha value is -2.43. The van der Waals surface area contributed by atoms with Crippen LogP contribution in [0.2, 0.25) is 0 Å². The number of hydrogen-bond donors (Lipinski definition) is 1. The average Bonchev–Trinajstić information content (AvgIpc) is 2.50. The summed E-state index contributed by atoms with van der Waals surface area (Å²) < 4.78 is 26.5. The maximum Gasteiger partial charge on any atom is 0.243 e. The zero-order valence-corrected chi connectivity index (χ0v) is 12.9. The molecule has 0 saturated carbocycles. The molecule has 2 aromatic carbocycles. The molecule has 1 heterocycles. The summed E-state index contributed by atoms with van der Waals surface area (Å²) in [4.78, 5) is 14.2. The number of anilines is 2. The number of carbonyl (C=O) groups excluding carboxylic acids is 1. The van der Waals surface area contributed by atoms with Gasteiger partial charge in [-0.3, -0.25) is 4.79 Å². The highest BCUT2D eigenvalue weighted by Gasteiger charge is 2.19. The molecule has 3 nitrogen and oxygen atoms in total. The smallest absolute Gasteiger partial charge is 0.243 e. The van der Waals surface area contributed by atoms with Crippen LogP contribution >= 0.6 is 0 Å². The first-order chi connectivity index (χ1) is 11.0. The number of rotatable bonds is 3. The van der Waals surface area contributed by atoms with Crippen molar-refractivity contribution in [3.8, 4) is 0 Å². The highest BCUT2D eigenvalue weighted by atomic mass is 19.1. The number of benzene rings is 2. The first kappa shape index (κ1) is 15.5. The second-order valence-electron chi connectivity index (χ2n) is 5.83. The van der Waals surface area contributed by atoms with Gasteiger partial charge in [0.25, 0.3) is 0 Å². The van der Waals surface area contributed by atoms with E-state index in [1.807, 2.05) is 24.0 Å². The third kappa shape index (κ3) is 3.50. The summed E-state index contributed by atoms with van der Waals surface area (Å²) in [6.45, 7) is 2.98. The van der Waals surface area contributed by atoms with Gasteiger partial charge in [0.2, 0.25) is 5.91 Å². The molecule has 0 aromatic heterocycles. The van der Waals surface area contributed by atoms with E-state index >= 15 is 0 Å². The Balaban J connectivity index is 1.72. The highest BCUT2D eigenvalue weighted by molar-refractivity contribution is 5.94. The highest BCUT2D eigenvalue weighted by Crippen LogP contribution is 2.27. The maximum atomic E-state index is 13.6. The molecule has 3 rings (SSSR count). The second-order valence-corrected chi connectivity index (χ2v) is 5.83. The Bertz CT molecular complexity index is 746. The fraction of sp³-hybridized carbons (Fsp3) is 0.278. The number of nitrogens with zero attached hydrogens (tertiary/aromatic N) is 1. The van der Waals surface area contributed by atoms with Crippen molar-refractivity contribution in [3.05, 3.63) is 59.2 Å². The van der Waals surface area contributed by atoms with Gasteiger partial charge in [0.15, 0.2) is 0 Å². The van der Waals surface area contributed by atoms with Crippen molar-refractivity contribution in [1.29, 1.82) is 0 Å². The van der Waals surface area contributed by atoms with Crippen LogP contribution in [-0.2, 0) is 11.2 Å². The molecule has 0 saturated heterocycles. The molecular formula is C18H18F2N2O. The Morgan fingerprint density at radius 3 is 2.83 bits per heavy atom. The lowest BCUT2D eigenvalue weighted by molar-refractivity contribution is -0.115. The van der Waals surface area contributed by atoms with Crippen molar-refractivity contribution in [2.75, 3.05) is 23.3 Å². The summed E-state index contributed by atoms with van der Waals surface area (Å²) in [5, 5.41) is 2.50. The van der Waals surface area contributed by atoms with Crippen LogP contribution in [0.5, 0.6) is 0 Å². The lowest BCUT2D eigenvalue weighted by Gasteiger charge is -2.31. The van der Waals surface area contributed by atoms with E-state index in [9.17, 15) is 13.6 Å². The summed E-state index contributed by atoms with van der Waals surface area (Å²) in [6.07, 6.45) is 1.98. The van der Waals surface area contributed by atoms with Crippen molar-refractivity contribution in [3.63, 3.8) is 0 Å². The minimum Gasteiger partial charge on any atom is -0.362 e. The average molecular weight is 316 g/mol. The minimum absolute atomic E-state index is 0.00228. The van der Waals surface area contributed by atoms with Gasteiger partial charge in [-0.25, -0.2) is 8.78 Å². The largest absolute Gasteiger partial charge is 0.362 e. The quantitative estimate of drug-likeness (QED) is 0.937. The van der Waals surface area contributed by atoms with Gasteiger partial charge in [0.05, 0.1) is 12.2 Å². The molecule has 2 aromatic rings. The molecule has 23 heavy (non-hydrogen) atoms. The monoisotopic (exact) mass is 316 g/mol. The lowest BCUT2D eigenvalue weighted by Crippen LogP contribution is -2.36. The predicted molar refractivity (Wildman–Crippen MR) is 86.7 cm³/mol. The third-order valence-corrected chi connectivity index (χ3v) is 3.99. The van der Waals surface area contributed by atoms with E-state index in [4.69, 9.17) is 0 Å². The molecule has 0 spiro atoms. The van der Waals surface area contributed by atoms with E-state index in [1.165, 1.54) is 17.2 Å². The lowest BCUT2D eigenvalue weighted by atomic mass is 9.99. The van der Waals surface area contributed by atoms with Crippen molar-refractivity contribution in [1.82, 2.24) is 0 Å².